The van der Waals surface area contributed by atoms with E-state index >= 15 is 0 Å². The number of nitrogens with zero attached hydrogens (tertiary/aromatic N) is 2. The first kappa shape index (κ1) is 20.2. The second-order valence-corrected chi connectivity index (χ2v) is 9.28. The minimum absolute atomic E-state index is 0.0929. The van der Waals surface area contributed by atoms with Gasteiger partial charge in [0.15, 0.2) is 0 Å². The number of hydrazone groups is 1. The SMILES string of the molecule is COc1ccc(C)c(C23CCN(C)C(C)C2(O)CC/C(=N\NSI)C3)c1. The molecule has 3 atom stereocenters. The van der Waals surface area contributed by atoms with Gasteiger partial charge < -0.3 is 14.7 Å². The highest BCUT2D eigenvalue weighted by Gasteiger charge is 2.60. The zero-order valence-electron chi connectivity index (χ0n) is 15.9. The molecule has 2 fully saturated rings. The monoisotopic (exact) mass is 489 g/mol. The van der Waals surface area contributed by atoms with E-state index in [1.807, 2.05) is 6.07 Å². The average molecular weight is 489 g/mol. The minimum Gasteiger partial charge on any atom is -0.497 e. The van der Waals surface area contributed by atoms with Gasteiger partial charge in [0.1, 0.15) is 5.75 Å². The maximum absolute atomic E-state index is 12.0. The van der Waals surface area contributed by atoms with Crippen molar-refractivity contribution in [2.75, 3.05) is 20.7 Å². The first-order chi connectivity index (χ1) is 12.4. The number of halogens is 1. The van der Waals surface area contributed by atoms with E-state index in [2.05, 4.69) is 69.1 Å². The van der Waals surface area contributed by atoms with Crippen LogP contribution >= 0.6 is 30.3 Å². The summed E-state index contributed by atoms with van der Waals surface area (Å²) in [6, 6.07) is 6.33. The van der Waals surface area contributed by atoms with E-state index in [0.717, 1.165) is 43.7 Å². The van der Waals surface area contributed by atoms with E-state index in [4.69, 9.17) is 4.74 Å². The van der Waals surface area contributed by atoms with E-state index in [9.17, 15) is 5.11 Å². The molecule has 1 heterocycles. The molecule has 2 N–H and O–H groups in total. The Morgan fingerprint density at radius 2 is 2.19 bits per heavy atom. The van der Waals surface area contributed by atoms with Crippen molar-refractivity contribution < 1.29 is 9.84 Å². The van der Waals surface area contributed by atoms with Gasteiger partial charge in [-0.25, -0.2) is 4.83 Å². The molecule has 144 valence electrons. The Morgan fingerprint density at radius 1 is 1.42 bits per heavy atom. The molecule has 0 aromatic heterocycles. The third kappa shape index (κ3) is 3.25. The second kappa shape index (κ2) is 7.85. The smallest absolute Gasteiger partial charge is 0.119 e. The van der Waals surface area contributed by atoms with Crippen molar-refractivity contribution in [1.29, 1.82) is 0 Å². The number of likely N-dealkylation sites (N-methyl/N-ethyl adjacent to an activating group) is 1. The van der Waals surface area contributed by atoms with Gasteiger partial charge >= 0.3 is 0 Å². The number of rotatable bonds is 4. The number of hydrogen-bond donors (Lipinski definition) is 2. The minimum atomic E-state index is -0.784. The molecule has 5 nitrogen and oxygen atoms in total. The third-order valence-corrected chi connectivity index (χ3v) is 7.32. The van der Waals surface area contributed by atoms with Crippen LogP contribution in [0.15, 0.2) is 23.3 Å². The van der Waals surface area contributed by atoms with Crippen LogP contribution in [0.2, 0.25) is 0 Å². The molecule has 0 radical (unpaired) electrons. The Bertz CT molecular complexity index is 701. The Balaban J connectivity index is 2.15. The lowest BCUT2D eigenvalue weighted by Crippen LogP contribution is -2.69. The molecule has 0 bridgehead atoms. The van der Waals surface area contributed by atoms with Gasteiger partial charge in [-0.1, -0.05) is 6.07 Å². The van der Waals surface area contributed by atoms with Gasteiger partial charge in [0, 0.05) is 53.9 Å². The Morgan fingerprint density at radius 3 is 2.88 bits per heavy atom. The quantitative estimate of drug-likeness (QED) is 0.383. The van der Waals surface area contributed by atoms with E-state index < -0.39 is 5.60 Å². The number of ether oxygens (including phenoxy) is 1. The first-order valence-corrected chi connectivity index (χ1v) is 12.4. The van der Waals surface area contributed by atoms with Gasteiger partial charge in [0.05, 0.1) is 12.7 Å². The summed E-state index contributed by atoms with van der Waals surface area (Å²) in [5.74, 6) is 0.846. The van der Waals surface area contributed by atoms with Gasteiger partial charge in [-0.15, -0.1) is 0 Å². The van der Waals surface area contributed by atoms with Crippen LogP contribution in [0.25, 0.3) is 0 Å². The molecule has 0 spiro atoms. The van der Waals surface area contributed by atoms with Gasteiger partial charge in [0.25, 0.3) is 0 Å². The molecule has 26 heavy (non-hydrogen) atoms. The van der Waals surface area contributed by atoms with Crippen LogP contribution < -0.4 is 9.57 Å². The maximum atomic E-state index is 12.0. The molecule has 1 aliphatic heterocycles. The largest absolute Gasteiger partial charge is 0.497 e. The topological polar surface area (TPSA) is 57.1 Å². The number of nitrogens with one attached hydrogen (secondary N) is 1. The number of aliphatic hydroxyl groups is 1. The molecule has 1 aliphatic carbocycles. The van der Waals surface area contributed by atoms with Gasteiger partial charge in [-0.2, -0.15) is 5.10 Å². The van der Waals surface area contributed by atoms with Crippen LogP contribution in [0.4, 0.5) is 0 Å². The summed E-state index contributed by atoms with van der Waals surface area (Å²) in [6.45, 7) is 5.25. The number of aryl methyl sites for hydroxylation is 1. The Kier molecular flexibility index (Phi) is 6.11. The lowest BCUT2D eigenvalue weighted by atomic mass is 9.53. The fourth-order valence-electron chi connectivity index (χ4n) is 4.89. The highest BCUT2D eigenvalue weighted by Crippen LogP contribution is 2.54. The molecule has 1 aromatic rings. The van der Waals surface area contributed by atoms with Gasteiger partial charge in [-0.3, -0.25) is 0 Å². The van der Waals surface area contributed by atoms with Gasteiger partial charge in [0.2, 0.25) is 0 Å². The van der Waals surface area contributed by atoms with Crippen molar-refractivity contribution in [2.24, 2.45) is 5.10 Å². The van der Waals surface area contributed by atoms with Gasteiger partial charge in [-0.05, 0) is 70.0 Å². The zero-order valence-corrected chi connectivity index (χ0v) is 18.9. The molecule has 7 heteroatoms. The number of fused-ring (bicyclic) bond motifs is 1. The van der Waals surface area contributed by atoms with Crippen LogP contribution in [-0.4, -0.2) is 48.1 Å². The number of piperidine rings is 1. The van der Waals surface area contributed by atoms with Crippen LogP contribution in [0, 0.1) is 6.92 Å². The lowest BCUT2D eigenvalue weighted by molar-refractivity contribution is -0.134. The Labute approximate surface area is 172 Å². The van der Waals surface area contributed by atoms with Crippen LogP contribution in [0.5, 0.6) is 5.75 Å². The molecule has 0 amide bonds. The number of benzene rings is 1. The number of methoxy groups -OCH3 is 1. The van der Waals surface area contributed by atoms with Crippen molar-refractivity contribution in [2.45, 2.75) is 56.6 Å². The fourth-order valence-corrected chi connectivity index (χ4v) is 5.35. The molecule has 3 unspecified atom stereocenters. The molecule has 1 aromatic carbocycles. The first-order valence-electron chi connectivity index (χ1n) is 9.04. The second-order valence-electron chi connectivity index (χ2n) is 7.62. The predicted octanol–water partition coefficient (Wildman–Crippen LogP) is 3.82. The summed E-state index contributed by atoms with van der Waals surface area (Å²) < 4.78 is 5.51. The van der Waals surface area contributed by atoms with E-state index in [-0.39, 0.29) is 11.5 Å². The van der Waals surface area contributed by atoms with E-state index in [1.54, 1.807) is 7.11 Å². The third-order valence-electron chi connectivity index (χ3n) is 6.57. The highest BCUT2D eigenvalue weighted by molar-refractivity contribution is 14.2. The summed E-state index contributed by atoms with van der Waals surface area (Å²) in [5.41, 5.74) is 2.42. The van der Waals surface area contributed by atoms with Crippen molar-refractivity contribution in [3.05, 3.63) is 29.3 Å². The van der Waals surface area contributed by atoms with E-state index in [0.29, 0.717) is 0 Å². The number of hydrogen-bond acceptors (Lipinski definition) is 6. The molecule has 3 rings (SSSR count). The Hall–Kier alpha value is -0.510. The van der Waals surface area contributed by atoms with Crippen molar-refractivity contribution in [1.82, 2.24) is 9.73 Å². The van der Waals surface area contributed by atoms with Crippen LogP contribution in [0.1, 0.15) is 43.7 Å². The van der Waals surface area contributed by atoms with Crippen LogP contribution in [-0.2, 0) is 5.41 Å². The fraction of sp³-hybridized carbons (Fsp3) is 0.632. The predicted molar refractivity (Wildman–Crippen MR) is 117 cm³/mol. The summed E-state index contributed by atoms with van der Waals surface area (Å²) >= 11 is 2.19. The molecular weight excluding hydrogens is 461 g/mol. The molecule has 1 saturated carbocycles. The lowest BCUT2D eigenvalue weighted by Gasteiger charge is -2.59. The zero-order chi connectivity index (χ0) is 18.9. The molecule has 2 aliphatic rings. The summed E-state index contributed by atoms with van der Waals surface area (Å²) in [5, 5.41) is 16.6. The van der Waals surface area contributed by atoms with Crippen LogP contribution in [0.3, 0.4) is 0 Å². The highest BCUT2D eigenvalue weighted by atomic mass is 127. The molecule has 1 saturated heterocycles. The standard InChI is InChI=1S/C19H28IN3O2S/c1-13-5-6-16(25-4)11-17(13)18-9-10-23(3)14(2)19(18,24)8-7-15(12-18)21-22-26-20/h5-6,11,14,22,24H,7-10,12H2,1-4H3/b21-15+. The summed E-state index contributed by atoms with van der Waals surface area (Å²) in [4.78, 5) is 5.31. The average Bonchev–Trinajstić information content (AvgIpc) is 2.65. The number of likely N-dealkylation sites (tertiary alicyclic amines) is 1. The molecular formula is C19H28IN3O2S. The van der Waals surface area contributed by atoms with E-state index in [1.165, 1.54) is 20.2 Å². The summed E-state index contributed by atoms with van der Waals surface area (Å²) in [6.07, 6.45) is 3.24. The van der Waals surface area contributed by atoms with Crippen molar-refractivity contribution in [3.63, 3.8) is 0 Å². The maximum Gasteiger partial charge on any atom is 0.119 e. The van der Waals surface area contributed by atoms with Crippen molar-refractivity contribution in [3.8, 4) is 5.75 Å². The normalized spacial score (nSPS) is 33.8. The van der Waals surface area contributed by atoms with Crippen molar-refractivity contribution >= 4 is 36.0 Å². The summed E-state index contributed by atoms with van der Waals surface area (Å²) in [7, 11) is 5.28.